The second-order valence-corrected chi connectivity index (χ2v) is 9.49. The molecule has 1 N–H and O–H groups in total. The van der Waals surface area contributed by atoms with Crippen LogP contribution in [0.2, 0.25) is 0 Å². The number of hydrogen-bond donors (Lipinski definition) is 1. The van der Waals surface area contributed by atoms with E-state index in [4.69, 9.17) is 15.0 Å². The first-order valence-corrected chi connectivity index (χ1v) is 9.46. The van der Waals surface area contributed by atoms with Gasteiger partial charge in [-0.05, 0) is 45.4 Å². The standard InChI is InChI=1S/C17H25FN4O3S/c1-11(21-26(23)16(2,3)4)14-7-13(18)6-12-8-17(10-24-5,9-20-22-19)25-15(12)14/h6-7,11,21H,8-10H2,1-5H3/t11-,17?,26-/m1/s1. The summed E-state index contributed by atoms with van der Waals surface area (Å²) >= 11 is -1.32. The van der Waals surface area contributed by atoms with E-state index in [1.807, 2.05) is 27.7 Å². The van der Waals surface area contributed by atoms with Crippen LogP contribution in [0.5, 0.6) is 5.75 Å². The van der Waals surface area contributed by atoms with Crippen LogP contribution in [0.25, 0.3) is 10.4 Å². The van der Waals surface area contributed by atoms with Gasteiger partial charge in [-0.2, -0.15) is 0 Å². The molecule has 1 aliphatic heterocycles. The summed E-state index contributed by atoms with van der Waals surface area (Å²) in [5.74, 6) is 0.136. The number of methoxy groups -OCH3 is 1. The minimum atomic E-state index is -1.32. The van der Waals surface area contributed by atoms with Crippen molar-refractivity contribution in [2.24, 2.45) is 5.11 Å². The molecule has 7 nitrogen and oxygen atoms in total. The number of nitrogens with zero attached hydrogens (tertiary/aromatic N) is 3. The van der Waals surface area contributed by atoms with E-state index in [2.05, 4.69) is 14.7 Å². The van der Waals surface area contributed by atoms with Crippen LogP contribution in [0, 0.1) is 5.82 Å². The van der Waals surface area contributed by atoms with Crippen LogP contribution in [0.3, 0.4) is 0 Å². The molecule has 1 aliphatic rings. The van der Waals surface area contributed by atoms with Crippen molar-refractivity contribution in [1.82, 2.24) is 4.72 Å². The largest absolute Gasteiger partial charge is 0.598 e. The van der Waals surface area contributed by atoms with Gasteiger partial charge in [0.05, 0.1) is 19.2 Å². The summed E-state index contributed by atoms with van der Waals surface area (Å²) in [7, 11) is 1.53. The van der Waals surface area contributed by atoms with Crippen LogP contribution in [0.15, 0.2) is 17.2 Å². The van der Waals surface area contributed by atoms with Crippen molar-refractivity contribution in [3.63, 3.8) is 0 Å². The molecule has 3 atom stereocenters. The summed E-state index contributed by atoms with van der Waals surface area (Å²) in [5, 5.41) is 3.62. The number of halogens is 1. The zero-order valence-electron chi connectivity index (χ0n) is 15.7. The topological polar surface area (TPSA) is 102 Å². The molecule has 1 aromatic rings. The molecule has 144 valence electrons. The molecule has 1 unspecified atom stereocenters. The van der Waals surface area contributed by atoms with Crippen LogP contribution in [-0.2, 0) is 22.5 Å². The quantitative estimate of drug-likeness (QED) is 0.336. The van der Waals surface area contributed by atoms with Crippen LogP contribution in [-0.4, -0.2) is 35.2 Å². The lowest BCUT2D eigenvalue weighted by Crippen LogP contribution is -2.43. The van der Waals surface area contributed by atoms with Gasteiger partial charge in [-0.1, -0.05) is 5.11 Å². The highest BCUT2D eigenvalue weighted by molar-refractivity contribution is 7.90. The minimum absolute atomic E-state index is 0.0722. The molecule has 9 heteroatoms. The maximum atomic E-state index is 14.2. The molecule has 1 heterocycles. The van der Waals surface area contributed by atoms with Gasteiger partial charge in [-0.3, -0.25) is 0 Å². The lowest BCUT2D eigenvalue weighted by Gasteiger charge is -2.28. The summed E-state index contributed by atoms with van der Waals surface area (Å²) < 4.78 is 40.5. The third kappa shape index (κ3) is 4.61. The Morgan fingerprint density at radius 1 is 1.54 bits per heavy atom. The van der Waals surface area contributed by atoms with Crippen molar-refractivity contribution in [2.75, 3.05) is 20.3 Å². The van der Waals surface area contributed by atoms with E-state index in [1.165, 1.54) is 19.2 Å². The minimum Gasteiger partial charge on any atom is -0.598 e. The maximum Gasteiger partial charge on any atom is 0.142 e. The molecular formula is C17H25FN4O3S. The van der Waals surface area contributed by atoms with Gasteiger partial charge in [0, 0.05) is 40.9 Å². The van der Waals surface area contributed by atoms with Crippen LogP contribution < -0.4 is 9.46 Å². The summed E-state index contributed by atoms with van der Waals surface area (Å²) in [5.41, 5.74) is 9.04. The molecule has 0 aromatic heterocycles. The lowest BCUT2D eigenvalue weighted by molar-refractivity contribution is 0.0125. The smallest absolute Gasteiger partial charge is 0.142 e. The average molecular weight is 384 g/mol. The summed E-state index contributed by atoms with van der Waals surface area (Å²) in [6.07, 6.45) is 0.370. The molecule has 1 aromatic carbocycles. The van der Waals surface area contributed by atoms with Crippen molar-refractivity contribution < 1.29 is 18.4 Å². The summed E-state index contributed by atoms with van der Waals surface area (Å²) in [6, 6.07) is 2.41. The van der Waals surface area contributed by atoms with Gasteiger partial charge in [0.2, 0.25) is 0 Å². The Bertz CT molecular complexity index is 706. The highest BCUT2D eigenvalue weighted by Crippen LogP contribution is 2.41. The van der Waals surface area contributed by atoms with Gasteiger partial charge in [0.1, 0.15) is 21.9 Å². The van der Waals surface area contributed by atoms with Crippen molar-refractivity contribution in [1.29, 1.82) is 0 Å². The van der Waals surface area contributed by atoms with Crippen molar-refractivity contribution in [2.45, 2.75) is 50.5 Å². The third-order valence-corrected chi connectivity index (χ3v) is 5.81. The Morgan fingerprint density at radius 3 is 2.81 bits per heavy atom. The molecule has 0 fully saturated rings. The zero-order chi connectivity index (χ0) is 19.5. The molecule has 0 spiro atoms. The summed E-state index contributed by atoms with van der Waals surface area (Å²) in [6.45, 7) is 7.67. The number of fused-ring (bicyclic) bond motifs is 1. The number of azide groups is 1. The SMILES string of the molecule is COCC1(CN=[N+]=[N-])Cc2cc(F)cc([C@@H](C)N[S@+]([O-])C(C)(C)C)c2O1. The second-order valence-electron chi connectivity index (χ2n) is 7.49. The second kappa shape index (κ2) is 8.02. The van der Waals surface area contributed by atoms with Crippen LogP contribution in [0.4, 0.5) is 4.39 Å². The number of nitrogens with one attached hydrogen (secondary N) is 1. The predicted octanol–water partition coefficient (Wildman–Crippen LogP) is 3.57. The fourth-order valence-corrected chi connectivity index (χ4v) is 3.69. The van der Waals surface area contributed by atoms with Crippen molar-refractivity contribution in [3.05, 3.63) is 39.5 Å². The van der Waals surface area contributed by atoms with Gasteiger partial charge < -0.3 is 14.0 Å². The van der Waals surface area contributed by atoms with Gasteiger partial charge >= 0.3 is 0 Å². The molecule has 26 heavy (non-hydrogen) atoms. The van der Waals surface area contributed by atoms with Crippen molar-refractivity contribution >= 4 is 11.4 Å². The third-order valence-electron chi connectivity index (χ3n) is 4.13. The molecule has 0 radical (unpaired) electrons. The molecule has 2 rings (SSSR count). The number of rotatable bonds is 7. The van der Waals surface area contributed by atoms with E-state index in [9.17, 15) is 8.94 Å². The Labute approximate surface area is 156 Å². The van der Waals surface area contributed by atoms with E-state index in [1.54, 1.807) is 0 Å². The number of benzene rings is 1. The first kappa shape index (κ1) is 20.8. The molecule has 0 aliphatic carbocycles. The Kier molecular flexibility index (Phi) is 6.42. The lowest BCUT2D eigenvalue weighted by atomic mass is 9.96. The maximum absolute atomic E-state index is 14.2. The summed E-state index contributed by atoms with van der Waals surface area (Å²) in [4.78, 5) is 2.79. The van der Waals surface area contributed by atoms with E-state index >= 15 is 0 Å². The average Bonchev–Trinajstić information content (AvgIpc) is 2.89. The van der Waals surface area contributed by atoms with Crippen molar-refractivity contribution in [3.8, 4) is 5.75 Å². The Hall–Kier alpha value is -1.51. The molecular weight excluding hydrogens is 359 g/mol. The van der Waals surface area contributed by atoms with Gasteiger partial charge in [0.25, 0.3) is 0 Å². The predicted molar refractivity (Wildman–Crippen MR) is 98.8 cm³/mol. The normalized spacial score (nSPS) is 21.5. The van der Waals surface area contributed by atoms with Crippen LogP contribution in [0.1, 0.15) is 44.9 Å². The van der Waals surface area contributed by atoms with E-state index in [0.29, 0.717) is 23.3 Å². The van der Waals surface area contributed by atoms with E-state index < -0.39 is 33.6 Å². The molecule has 0 bridgehead atoms. The zero-order valence-corrected chi connectivity index (χ0v) is 16.5. The Balaban J connectivity index is 2.35. The first-order chi connectivity index (χ1) is 12.1. The van der Waals surface area contributed by atoms with Gasteiger partial charge in [-0.25, -0.2) is 4.39 Å². The van der Waals surface area contributed by atoms with Gasteiger partial charge in [-0.15, -0.1) is 4.72 Å². The monoisotopic (exact) mass is 384 g/mol. The molecule has 0 saturated heterocycles. The highest BCUT2D eigenvalue weighted by atomic mass is 32.2. The molecule has 0 amide bonds. The first-order valence-electron chi connectivity index (χ1n) is 8.31. The van der Waals surface area contributed by atoms with E-state index in [0.717, 1.165) is 0 Å². The highest BCUT2D eigenvalue weighted by Gasteiger charge is 2.41. The Morgan fingerprint density at radius 2 is 2.23 bits per heavy atom. The number of ether oxygens (including phenoxy) is 2. The van der Waals surface area contributed by atoms with Crippen LogP contribution >= 0.6 is 0 Å². The van der Waals surface area contributed by atoms with E-state index in [-0.39, 0.29) is 13.2 Å². The number of hydrogen-bond acceptors (Lipinski definition) is 5. The fraction of sp³-hybridized carbons (Fsp3) is 0.647. The fourth-order valence-electron chi connectivity index (χ4n) is 2.89. The van der Waals surface area contributed by atoms with Gasteiger partial charge in [0.15, 0.2) is 0 Å². The molecule has 0 saturated carbocycles.